The highest BCUT2D eigenvalue weighted by molar-refractivity contribution is 6.01. The average molecular weight is 490 g/mol. The Morgan fingerprint density at radius 3 is 2.66 bits per heavy atom. The van der Waals surface area contributed by atoms with Gasteiger partial charge in [-0.3, -0.25) is 9.48 Å². The summed E-state index contributed by atoms with van der Waals surface area (Å²) in [5, 5.41) is 7.05. The van der Waals surface area contributed by atoms with Crippen LogP contribution in [0.2, 0.25) is 0 Å². The van der Waals surface area contributed by atoms with Crippen LogP contribution in [-0.2, 0) is 13.2 Å². The first kappa shape index (κ1) is 24.7. The molecular weight excluding hydrogens is 462 g/mol. The molecule has 1 fully saturated rings. The van der Waals surface area contributed by atoms with E-state index in [1.807, 2.05) is 45.3 Å². The molecule has 186 valence electrons. The number of hydrogen-bond donors (Lipinski definition) is 1. The number of halogens is 4. The van der Waals surface area contributed by atoms with Gasteiger partial charge in [0.05, 0.1) is 17.8 Å². The van der Waals surface area contributed by atoms with E-state index in [0.717, 1.165) is 29.5 Å². The summed E-state index contributed by atoms with van der Waals surface area (Å²) < 4.78 is 54.5. The van der Waals surface area contributed by atoms with E-state index >= 15 is 0 Å². The maximum Gasteiger partial charge on any atom is 0.417 e. The number of alkyl halides is 3. The van der Waals surface area contributed by atoms with Crippen LogP contribution >= 0.6 is 0 Å². The van der Waals surface area contributed by atoms with Gasteiger partial charge in [-0.05, 0) is 43.4 Å². The van der Waals surface area contributed by atoms with Gasteiger partial charge in [-0.25, -0.2) is 9.37 Å². The van der Waals surface area contributed by atoms with Crippen LogP contribution in [0.3, 0.4) is 0 Å². The van der Waals surface area contributed by atoms with Crippen LogP contribution in [0.4, 0.5) is 23.4 Å². The molecule has 0 saturated carbocycles. The second-order valence-corrected chi connectivity index (χ2v) is 9.07. The van der Waals surface area contributed by atoms with Crippen molar-refractivity contribution in [3.63, 3.8) is 0 Å². The van der Waals surface area contributed by atoms with Crippen LogP contribution in [0.1, 0.15) is 41.3 Å². The zero-order valence-electron chi connectivity index (χ0n) is 19.7. The molecule has 0 radical (unpaired) electrons. The summed E-state index contributed by atoms with van der Waals surface area (Å²) in [6.07, 6.45) is 1.18. The number of pyridine rings is 1. The van der Waals surface area contributed by atoms with Gasteiger partial charge in [0.15, 0.2) is 11.6 Å². The van der Waals surface area contributed by atoms with Crippen molar-refractivity contribution in [1.82, 2.24) is 19.7 Å². The number of nitrogens with one attached hydrogen (secondary N) is 1. The molecular formula is C25H27F4N5O. The summed E-state index contributed by atoms with van der Waals surface area (Å²) in [6.45, 7) is 4.62. The number of aryl methyl sites for hydroxylation is 2. The zero-order valence-corrected chi connectivity index (χ0v) is 19.7. The molecule has 0 unspecified atom stereocenters. The Balaban J connectivity index is 1.59. The fourth-order valence-electron chi connectivity index (χ4n) is 4.54. The summed E-state index contributed by atoms with van der Waals surface area (Å²) in [6, 6.07) is 5.83. The molecule has 3 aromatic rings. The lowest BCUT2D eigenvalue weighted by Crippen LogP contribution is -2.51. The number of amides is 1. The number of anilines is 1. The Morgan fingerprint density at radius 2 is 2.00 bits per heavy atom. The maximum atomic E-state index is 14.3. The molecule has 0 bridgehead atoms. The predicted molar refractivity (Wildman–Crippen MR) is 124 cm³/mol. The number of rotatable bonds is 5. The van der Waals surface area contributed by atoms with E-state index in [0.29, 0.717) is 24.4 Å². The summed E-state index contributed by atoms with van der Waals surface area (Å²) in [5.74, 6) is -1.40. The molecule has 0 spiro atoms. The molecule has 1 aliphatic heterocycles. The Morgan fingerprint density at radius 1 is 1.23 bits per heavy atom. The van der Waals surface area contributed by atoms with Crippen LogP contribution in [0, 0.1) is 18.7 Å². The number of aromatic nitrogens is 3. The summed E-state index contributed by atoms with van der Waals surface area (Å²) >= 11 is 0. The molecule has 1 saturated heterocycles. The quantitative estimate of drug-likeness (QED) is 0.494. The smallest absolute Gasteiger partial charge is 0.366 e. The lowest BCUT2D eigenvalue weighted by atomic mass is 9.89. The highest BCUT2D eigenvalue weighted by atomic mass is 19.4. The third-order valence-corrected chi connectivity index (χ3v) is 6.45. The molecule has 2 atom stereocenters. The van der Waals surface area contributed by atoms with Crippen LogP contribution in [0.25, 0.3) is 11.1 Å². The highest BCUT2D eigenvalue weighted by Gasteiger charge is 2.34. The molecule has 1 aromatic carbocycles. The van der Waals surface area contributed by atoms with Crippen molar-refractivity contribution in [1.29, 1.82) is 0 Å². The van der Waals surface area contributed by atoms with E-state index in [-0.39, 0.29) is 30.2 Å². The highest BCUT2D eigenvalue weighted by Crippen LogP contribution is 2.32. The number of piperidine rings is 1. The molecule has 1 aliphatic rings. The van der Waals surface area contributed by atoms with Gasteiger partial charge in [0.2, 0.25) is 0 Å². The minimum absolute atomic E-state index is 0.101. The Kier molecular flexibility index (Phi) is 6.82. The van der Waals surface area contributed by atoms with Gasteiger partial charge in [-0.2, -0.15) is 18.3 Å². The van der Waals surface area contributed by atoms with Crippen LogP contribution in [0.5, 0.6) is 0 Å². The van der Waals surface area contributed by atoms with Crippen molar-refractivity contribution >= 4 is 11.7 Å². The van der Waals surface area contributed by atoms with Crippen LogP contribution in [0.15, 0.2) is 42.9 Å². The van der Waals surface area contributed by atoms with E-state index in [4.69, 9.17) is 0 Å². The number of likely N-dealkylation sites (tertiary alicyclic amines) is 1. The number of carbonyl (C=O) groups excluding carboxylic acids is 1. The fraction of sp³-hybridized carbons (Fsp3) is 0.400. The Labute approximate surface area is 201 Å². The third-order valence-electron chi connectivity index (χ3n) is 6.45. The number of benzene rings is 1. The van der Waals surface area contributed by atoms with E-state index in [2.05, 4.69) is 15.4 Å². The van der Waals surface area contributed by atoms with Gasteiger partial charge < -0.3 is 10.2 Å². The van der Waals surface area contributed by atoms with E-state index in [1.165, 1.54) is 0 Å². The average Bonchev–Trinajstić information content (AvgIpc) is 3.23. The number of carbonyl (C=O) groups is 1. The minimum Gasteiger partial charge on any atom is -0.366 e. The second-order valence-electron chi connectivity index (χ2n) is 9.07. The van der Waals surface area contributed by atoms with Gasteiger partial charge in [0.1, 0.15) is 0 Å². The first-order chi connectivity index (χ1) is 16.5. The van der Waals surface area contributed by atoms with Crippen molar-refractivity contribution < 1.29 is 22.4 Å². The number of nitrogens with zero attached hydrogens (tertiary/aromatic N) is 4. The molecule has 35 heavy (non-hydrogen) atoms. The zero-order chi connectivity index (χ0) is 25.3. The molecule has 3 heterocycles. The summed E-state index contributed by atoms with van der Waals surface area (Å²) in [4.78, 5) is 19.2. The standard InChI is InChI=1S/C25H27F4N5O/c1-15-6-7-19(17-11-32-33(3)14-17)20(9-15)24(35)34-8-4-5-16(2)22(34)13-31-23-21(26)10-18(12-30-23)25(27,28)29/h6-7,9-12,14,16,22H,4-5,8,13H2,1-3H3,(H,30,31)/t16-,22-/m1/s1. The Hall–Kier alpha value is -3.43. The molecule has 10 heteroatoms. The molecule has 6 nitrogen and oxygen atoms in total. The molecule has 4 rings (SSSR count). The SMILES string of the molecule is Cc1ccc(-c2cnn(C)c2)c(C(=O)N2CCC[C@@H](C)[C@H]2CNc2ncc(C(F)(F)F)cc2F)c1. The van der Waals surface area contributed by atoms with Crippen molar-refractivity contribution in [3.8, 4) is 11.1 Å². The minimum atomic E-state index is -4.67. The molecule has 1 amide bonds. The summed E-state index contributed by atoms with van der Waals surface area (Å²) in [5.41, 5.74) is 1.94. The second kappa shape index (κ2) is 9.67. The first-order valence-corrected chi connectivity index (χ1v) is 11.4. The predicted octanol–water partition coefficient (Wildman–Crippen LogP) is 5.30. The third kappa shape index (κ3) is 5.31. The van der Waals surface area contributed by atoms with Crippen molar-refractivity contribution in [2.45, 2.75) is 38.9 Å². The fourth-order valence-corrected chi connectivity index (χ4v) is 4.54. The maximum absolute atomic E-state index is 14.3. The number of hydrogen-bond acceptors (Lipinski definition) is 4. The van der Waals surface area contributed by atoms with E-state index < -0.39 is 17.6 Å². The summed E-state index contributed by atoms with van der Waals surface area (Å²) in [7, 11) is 1.81. The normalized spacial score (nSPS) is 18.5. The van der Waals surface area contributed by atoms with Gasteiger partial charge in [-0.1, -0.05) is 24.6 Å². The molecule has 0 aliphatic carbocycles. The molecule has 1 N–H and O–H groups in total. The van der Waals surface area contributed by atoms with Crippen molar-refractivity contribution in [3.05, 3.63) is 65.4 Å². The largest absolute Gasteiger partial charge is 0.417 e. The topological polar surface area (TPSA) is 63.1 Å². The van der Waals surface area contributed by atoms with Crippen molar-refractivity contribution in [2.75, 3.05) is 18.4 Å². The van der Waals surface area contributed by atoms with Crippen molar-refractivity contribution in [2.24, 2.45) is 13.0 Å². The Bertz CT molecular complexity index is 1220. The lowest BCUT2D eigenvalue weighted by Gasteiger charge is -2.40. The van der Waals surface area contributed by atoms with Gasteiger partial charge in [0.25, 0.3) is 5.91 Å². The monoisotopic (exact) mass is 489 g/mol. The van der Waals surface area contributed by atoms with Gasteiger partial charge in [-0.15, -0.1) is 0 Å². The van der Waals surface area contributed by atoms with Gasteiger partial charge in [0, 0.05) is 43.7 Å². The first-order valence-electron chi connectivity index (χ1n) is 11.4. The van der Waals surface area contributed by atoms with E-state index in [1.54, 1.807) is 15.8 Å². The van der Waals surface area contributed by atoms with Gasteiger partial charge >= 0.3 is 6.18 Å². The lowest BCUT2D eigenvalue weighted by molar-refractivity contribution is -0.138. The van der Waals surface area contributed by atoms with E-state index in [9.17, 15) is 22.4 Å². The van der Waals surface area contributed by atoms with Crippen LogP contribution < -0.4 is 5.32 Å². The van der Waals surface area contributed by atoms with Crippen LogP contribution in [-0.4, -0.2) is 44.7 Å². The molecule has 2 aromatic heterocycles.